The number of hydrogen-bond acceptors (Lipinski definition) is 2. The van der Waals surface area contributed by atoms with Crippen LogP contribution in [-0.4, -0.2) is 11.4 Å². The first-order valence-corrected chi connectivity index (χ1v) is 6.55. The van der Waals surface area contributed by atoms with Crippen molar-refractivity contribution in [3.05, 3.63) is 28.7 Å². The fraction of sp³-hybridized carbons (Fsp3) is 0.462. The highest BCUT2D eigenvalue weighted by atomic mass is 79.9. The Morgan fingerprint density at radius 3 is 2.59 bits per heavy atom. The molecule has 1 atom stereocenters. The molecule has 3 nitrogen and oxygen atoms in total. The van der Waals surface area contributed by atoms with Gasteiger partial charge in [0.25, 0.3) is 0 Å². The van der Waals surface area contributed by atoms with Crippen LogP contribution in [0.4, 0.5) is 5.69 Å². The molecule has 1 aromatic carbocycles. The Morgan fingerprint density at radius 1 is 1.53 bits per heavy atom. The van der Waals surface area contributed by atoms with Crippen LogP contribution in [0.2, 0.25) is 0 Å². The van der Waals surface area contributed by atoms with Gasteiger partial charge in [0.05, 0.1) is 0 Å². The number of benzene rings is 1. The fourth-order valence-electron chi connectivity index (χ4n) is 1.99. The quantitative estimate of drug-likeness (QED) is 0.877. The third kappa shape index (κ3) is 3.00. The summed E-state index contributed by atoms with van der Waals surface area (Å²) in [7, 11) is 0. The summed E-state index contributed by atoms with van der Waals surface area (Å²) < 4.78 is 0.973. The smallest absolute Gasteiger partial charge is 0.243 e. The van der Waals surface area contributed by atoms with Gasteiger partial charge in [0.2, 0.25) is 5.91 Å². The van der Waals surface area contributed by atoms with Gasteiger partial charge in [-0.25, -0.2) is 0 Å². The van der Waals surface area contributed by atoms with E-state index < -0.39 is 5.54 Å². The molecule has 3 N–H and O–H groups in total. The number of carbonyl (C=O) groups excluding carboxylic acids is 1. The maximum absolute atomic E-state index is 11.7. The number of primary amides is 1. The lowest BCUT2D eigenvalue weighted by atomic mass is 9.83. The summed E-state index contributed by atoms with van der Waals surface area (Å²) in [5.74, 6) is -0.182. The van der Waals surface area contributed by atoms with Crippen molar-refractivity contribution >= 4 is 27.5 Å². The molecule has 94 valence electrons. The molecule has 0 heterocycles. The average molecular weight is 299 g/mol. The Hall–Kier alpha value is -1.03. The minimum atomic E-state index is -0.694. The molecule has 1 aromatic rings. The molecule has 0 fully saturated rings. The molecule has 1 rings (SSSR count). The van der Waals surface area contributed by atoms with E-state index in [4.69, 9.17) is 5.73 Å². The third-order valence-electron chi connectivity index (χ3n) is 3.17. The van der Waals surface area contributed by atoms with Crippen LogP contribution in [-0.2, 0) is 4.79 Å². The number of carbonyl (C=O) groups is 1. The number of rotatable bonds is 5. The van der Waals surface area contributed by atoms with Crippen LogP contribution in [0.25, 0.3) is 0 Å². The lowest BCUT2D eigenvalue weighted by molar-refractivity contribution is -0.123. The molecule has 1 amide bonds. The topological polar surface area (TPSA) is 55.1 Å². The number of nitrogens with two attached hydrogens (primary N) is 1. The van der Waals surface area contributed by atoms with E-state index in [-0.39, 0.29) is 11.8 Å². The van der Waals surface area contributed by atoms with Crippen LogP contribution in [0.15, 0.2) is 28.7 Å². The molecular formula is C13H19BrN2O. The van der Waals surface area contributed by atoms with Crippen molar-refractivity contribution in [2.24, 2.45) is 11.7 Å². The van der Waals surface area contributed by atoms with Crippen molar-refractivity contribution in [2.45, 2.75) is 32.7 Å². The van der Waals surface area contributed by atoms with Gasteiger partial charge in [0, 0.05) is 10.2 Å². The van der Waals surface area contributed by atoms with Gasteiger partial charge in [-0.15, -0.1) is 0 Å². The van der Waals surface area contributed by atoms with E-state index in [1.54, 1.807) is 0 Å². The monoisotopic (exact) mass is 298 g/mol. The predicted octanol–water partition coefficient (Wildman–Crippen LogP) is 3.15. The standard InChI is InChI=1S/C13H19BrN2O/c1-4-13(9(2)3,12(15)17)16-11-7-5-6-10(14)8-11/h5-9,16H,4H2,1-3H3,(H2,15,17). The summed E-state index contributed by atoms with van der Waals surface area (Å²) in [6.45, 7) is 5.97. The van der Waals surface area contributed by atoms with Gasteiger partial charge < -0.3 is 11.1 Å². The Morgan fingerprint density at radius 2 is 2.18 bits per heavy atom. The second kappa shape index (κ2) is 5.54. The van der Waals surface area contributed by atoms with Crippen LogP contribution in [0.1, 0.15) is 27.2 Å². The normalized spacial score (nSPS) is 14.4. The highest BCUT2D eigenvalue weighted by Gasteiger charge is 2.38. The maximum atomic E-state index is 11.7. The molecule has 0 saturated heterocycles. The van der Waals surface area contributed by atoms with Crippen LogP contribution in [0.5, 0.6) is 0 Å². The SMILES string of the molecule is CCC(Nc1cccc(Br)c1)(C(N)=O)C(C)C. The second-order valence-electron chi connectivity index (χ2n) is 4.48. The highest BCUT2D eigenvalue weighted by molar-refractivity contribution is 9.10. The first kappa shape index (κ1) is 14.0. The molecule has 0 aromatic heterocycles. The molecule has 1 unspecified atom stereocenters. The summed E-state index contributed by atoms with van der Waals surface area (Å²) in [6.07, 6.45) is 0.659. The molecule has 0 radical (unpaired) electrons. The Bertz CT molecular complexity index is 406. The molecular weight excluding hydrogens is 280 g/mol. The third-order valence-corrected chi connectivity index (χ3v) is 3.67. The van der Waals surface area contributed by atoms with Crippen LogP contribution < -0.4 is 11.1 Å². The zero-order valence-corrected chi connectivity index (χ0v) is 12.0. The average Bonchev–Trinajstić information content (AvgIpc) is 2.25. The van der Waals surface area contributed by atoms with E-state index in [1.165, 1.54) is 0 Å². The number of nitrogens with one attached hydrogen (secondary N) is 1. The van der Waals surface area contributed by atoms with Gasteiger partial charge in [-0.05, 0) is 30.5 Å². The van der Waals surface area contributed by atoms with Gasteiger partial charge in [0.1, 0.15) is 5.54 Å². The van der Waals surface area contributed by atoms with Crippen molar-refractivity contribution < 1.29 is 4.79 Å². The van der Waals surface area contributed by atoms with Gasteiger partial charge in [0.15, 0.2) is 0 Å². The maximum Gasteiger partial charge on any atom is 0.243 e. The van der Waals surface area contributed by atoms with Crippen LogP contribution >= 0.6 is 15.9 Å². The fourth-order valence-corrected chi connectivity index (χ4v) is 2.38. The van der Waals surface area contributed by atoms with E-state index >= 15 is 0 Å². The lowest BCUT2D eigenvalue weighted by Gasteiger charge is -2.35. The number of hydrogen-bond donors (Lipinski definition) is 2. The minimum Gasteiger partial charge on any atom is -0.371 e. The van der Waals surface area contributed by atoms with Gasteiger partial charge in [-0.3, -0.25) is 4.79 Å². The van der Waals surface area contributed by atoms with Gasteiger partial charge in [-0.1, -0.05) is 42.8 Å². The minimum absolute atomic E-state index is 0.129. The summed E-state index contributed by atoms with van der Waals surface area (Å²) in [5.41, 5.74) is 5.76. The van der Waals surface area contributed by atoms with Crippen molar-refractivity contribution in [3.8, 4) is 0 Å². The summed E-state index contributed by atoms with van der Waals surface area (Å²) >= 11 is 3.41. The van der Waals surface area contributed by atoms with Crippen LogP contribution in [0, 0.1) is 5.92 Å². The van der Waals surface area contributed by atoms with Gasteiger partial charge in [-0.2, -0.15) is 0 Å². The molecule has 0 bridgehead atoms. The molecule has 0 aliphatic carbocycles. The highest BCUT2D eigenvalue weighted by Crippen LogP contribution is 2.27. The molecule has 0 aliphatic heterocycles. The van der Waals surface area contributed by atoms with Gasteiger partial charge >= 0.3 is 0 Å². The summed E-state index contributed by atoms with van der Waals surface area (Å²) in [4.78, 5) is 11.7. The lowest BCUT2D eigenvalue weighted by Crippen LogP contribution is -2.54. The zero-order valence-electron chi connectivity index (χ0n) is 10.5. The van der Waals surface area contributed by atoms with Crippen molar-refractivity contribution in [1.82, 2.24) is 0 Å². The predicted molar refractivity (Wildman–Crippen MR) is 74.8 cm³/mol. The molecule has 4 heteroatoms. The van der Waals surface area contributed by atoms with Crippen LogP contribution in [0.3, 0.4) is 0 Å². The Kier molecular flexibility index (Phi) is 4.57. The number of anilines is 1. The van der Waals surface area contributed by atoms with E-state index in [0.29, 0.717) is 6.42 Å². The second-order valence-corrected chi connectivity index (χ2v) is 5.39. The first-order valence-electron chi connectivity index (χ1n) is 5.76. The Balaban J connectivity index is 3.06. The van der Waals surface area contributed by atoms with Crippen molar-refractivity contribution in [1.29, 1.82) is 0 Å². The van der Waals surface area contributed by atoms with E-state index in [2.05, 4.69) is 21.2 Å². The molecule has 17 heavy (non-hydrogen) atoms. The largest absolute Gasteiger partial charge is 0.371 e. The molecule has 0 spiro atoms. The van der Waals surface area contributed by atoms with E-state index in [1.807, 2.05) is 45.0 Å². The van der Waals surface area contributed by atoms with Crippen molar-refractivity contribution in [3.63, 3.8) is 0 Å². The molecule has 0 aliphatic rings. The van der Waals surface area contributed by atoms with E-state index in [9.17, 15) is 4.79 Å². The first-order chi connectivity index (χ1) is 7.92. The number of amides is 1. The number of halogens is 1. The van der Waals surface area contributed by atoms with Crippen molar-refractivity contribution in [2.75, 3.05) is 5.32 Å². The summed E-state index contributed by atoms with van der Waals surface area (Å²) in [5, 5.41) is 3.28. The van der Waals surface area contributed by atoms with E-state index in [0.717, 1.165) is 10.2 Å². The molecule has 0 saturated carbocycles. The zero-order chi connectivity index (χ0) is 13.1. The summed E-state index contributed by atoms with van der Waals surface area (Å²) in [6, 6.07) is 7.74. The Labute approximate surface area is 111 Å².